The molecule has 1 aromatic rings. The van der Waals surface area contributed by atoms with Crippen LogP contribution in [0.1, 0.15) is 6.42 Å². The maximum atomic E-state index is 13.1. The summed E-state index contributed by atoms with van der Waals surface area (Å²) in [6.45, 7) is -0.159. The van der Waals surface area contributed by atoms with Gasteiger partial charge in [-0.15, -0.1) is 0 Å². The lowest BCUT2D eigenvalue weighted by Crippen LogP contribution is -2.25. The normalized spacial score (nSPS) is 12.2. The number of aliphatic hydroxyl groups is 1. The molecule has 0 aliphatic rings. The molecule has 0 heterocycles. The molecule has 0 aromatic heterocycles. The fourth-order valence-electron chi connectivity index (χ4n) is 1.47. The summed E-state index contributed by atoms with van der Waals surface area (Å²) in [6, 6.07) is 2.90. The minimum atomic E-state index is -0.579. The van der Waals surface area contributed by atoms with Crippen molar-refractivity contribution >= 4 is 23.1 Å². The van der Waals surface area contributed by atoms with E-state index in [9.17, 15) is 19.6 Å². The number of anilines is 1. The summed E-state index contributed by atoms with van der Waals surface area (Å²) in [5, 5.41) is 22.8. The predicted molar refractivity (Wildman–Crippen MR) is 70.5 cm³/mol. The van der Waals surface area contributed by atoms with Crippen molar-refractivity contribution in [1.82, 2.24) is 0 Å². The van der Waals surface area contributed by atoms with E-state index in [1.807, 2.05) is 6.26 Å². The molecular weight excluding hydrogens is 259 g/mol. The molecule has 18 heavy (non-hydrogen) atoms. The van der Waals surface area contributed by atoms with Crippen LogP contribution in [0.3, 0.4) is 0 Å². The van der Waals surface area contributed by atoms with Gasteiger partial charge in [0.05, 0.1) is 17.6 Å². The fraction of sp³-hybridized carbons (Fsp3) is 0.455. The van der Waals surface area contributed by atoms with Crippen LogP contribution < -0.4 is 5.32 Å². The molecule has 1 atom stereocenters. The first kappa shape index (κ1) is 14.7. The van der Waals surface area contributed by atoms with Crippen LogP contribution in [0.5, 0.6) is 0 Å². The Bertz CT molecular complexity index is 417. The maximum Gasteiger partial charge on any atom is 0.292 e. The van der Waals surface area contributed by atoms with Crippen molar-refractivity contribution in [2.24, 2.45) is 0 Å². The van der Waals surface area contributed by atoms with Crippen LogP contribution in [0.15, 0.2) is 18.2 Å². The van der Waals surface area contributed by atoms with Gasteiger partial charge in [0.2, 0.25) is 0 Å². The van der Waals surface area contributed by atoms with Gasteiger partial charge in [-0.05, 0) is 24.5 Å². The third kappa shape index (κ3) is 4.15. The van der Waals surface area contributed by atoms with Gasteiger partial charge in [-0.2, -0.15) is 11.8 Å². The van der Waals surface area contributed by atoms with Crippen molar-refractivity contribution in [3.8, 4) is 0 Å². The second-order valence-electron chi connectivity index (χ2n) is 3.72. The number of nitrogens with zero attached hydrogens (tertiary/aromatic N) is 1. The summed E-state index contributed by atoms with van der Waals surface area (Å²) in [5.74, 6) is 0.256. The van der Waals surface area contributed by atoms with E-state index in [0.29, 0.717) is 6.42 Å². The number of hydrogen-bond donors (Lipinski definition) is 2. The van der Waals surface area contributed by atoms with Gasteiger partial charge in [0.1, 0.15) is 11.5 Å². The standard InChI is InChI=1S/C11H15FN2O3S/c1-18-5-4-9(7-15)13-10-6-8(12)2-3-11(10)14(16)17/h2-3,6,9,13,15H,4-5,7H2,1H3/t9-/m0/s1. The third-order valence-corrected chi connectivity index (χ3v) is 3.05. The molecule has 0 amide bonds. The zero-order valence-electron chi connectivity index (χ0n) is 9.93. The van der Waals surface area contributed by atoms with Crippen LogP contribution in [0.2, 0.25) is 0 Å². The second-order valence-corrected chi connectivity index (χ2v) is 4.71. The van der Waals surface area contributed by atoms with Gasteiger partial charge in [0, 0.05) is 12.1 Å². The van der Waals surface area contributed by atoms with E-state index < -0.39 is 10.7 Å². The van der Waals surface area contributed by atoms with Crippen LogP contribution in [0, 0.1) is 15.9 Å². The minimum absolute atomic E-state index is 0.0974. The summed E-state index contributed by atoms with van der Waals surface area (Å²) in [7, 11) is 0. The van der Waals surface area contributed by atoms with Gasteiger partial charge in [-0.1, -0.05) is 0 Å². The van der Waals surface area contributed by atoms with Crippen molar-refractivity contribution in [3.63, 3.8) is 0 Å². The highest BCUT2D eigenvalue weighted by atomic mass is 32.2. The molecule has 0 radical (unpaired) electrons. The number of benzene rings is 1. The summed E-state index contributed by atoms with van der Waals surface area (Å²) in [4.78, 5) is 10.2. The highest BCUT2D eigenvalue weighted by Gasteiger charge is 2.17. The Morgan fingerprint density at radius 3 is 2.89 bits per heavy atom. The first-order valence-corrected chi connectivity index (χ1v) is 6.78. The van der Waals surface area contributed by atoms with Crippen molar-refractivity contribution in [2.75, 3.05) is 23.9 Å². The smallest absolute Gasteiger partial charge is 0.292 e. The minimum Gasteiger partial charge on any atom is -0.394 e. The van der Waals surface area contributed by atoms with E-state index in [1.54, 1.807) is 11.8 Å². The van der Waals surface area contributed by atoms with Crippen LogP contribution in [-0.4, -0.2) is 34.7 Å². The number of nitro groups is 1. The van der Waals surface area contributed by atoms with Gasteiger partial charge < -0.3 is 10.4 Å². The van der Waals surface area contributed by atoms with Crippen molar-refractivity contribution in [3.05, 3.63) is 34.1 Å². The average Bonchev–Trinajstić information content (AvgIpc) is 2.34. The second kappa shape index (κ2) is 7.17. The third-order valence-electron chi connectivity index (χ3n) is 2.41. The molecule has 5 nitrogen and oxygen atoms in total. The molecule has 2 N–H and O–H groups in total. The monoisotopic (exact) mass is 274 g/mol. The predicted octanol–water partition coefficient (Wildman–Crippen LogP) is 2.26. The van der Waals surface area contributed by atoms with Crippen LogP contribution >= 0.6 is 11.8 Å². The SMILES string of the molecule is CSCC[C@@H](CO)Nc1cc(F)ccc1[N+](=O)[O-]. The lowest BCUT2D eigenvalue weighted by atomic mass is 10.2. The number of nitrogens with one attached hydrogen (secondary N) is 1. The molecule has 1 rings (SSSR count). The summed E-state index contributed by atoms with van der Waals surface area (Å²) >= 11 is 1.61. The van der Waals surface area contributed by atoms with Crippen molar-refractivity contribution in [2.45, 2.75) is 12.5 Å². The summed E-state index contributed by atoms with van der Waals surface area (Å²) in [6.07, 6.45) is 2.57. The molecular formula is C11H15FN2O3S. The topological polar surface area (TPSA) is 75.4 Å². The molecule has 0 unspecified atom stereocenters. The number of hydrogen-bond acceptors (Lipinski definition) is 5. The van der Waals surface area contributed by atoms with E-state index in [4.69, 9.17) is 0 Å². The van der Waals surface area contributed by atoms with Gasteiger partial charge in [0.25, 0.3) is 5.69 Å². The number of nitro benzene ring substituents is 1. The average molecular weight is 274 g/mol. The largest absolute Gasteiger partial charge is 0.394 e. The van der Waals surface area contributed by atoms with Crippen LogP contribution in [0.4, 0.5) is 15.8 Å². The highest BCUT2D eigenvalue weighted by molar-refractivity contribution is 7.98. The first-order valence-electron chi connectivity index (χ1n) is 5.38. The first-order chi connectivity index (χ1) is 8.58. The fourth-order valence-corrected chi connectivity index (χ4v) is 1.99. The number of thioether (sulfide) groups is 1. The Morgan fingerprint density at radius 2 is 2.33 bits per heavy atom. The molecule has 0 spiro atoms. The summed E-state index contributed by atoms with van der Waals surface area (Å²) < 4.78 is 13.1. The van der Waals surface area contributed by atoms with Crippen LogP contribution in [0.25, 0.3) is 0 Å². The molecule has 100 valence electrons. The highest BCUT2D eigenvalue weighted by Crippen LogP contribution is 2.26. The molecule has 0 bridgehead atoms. The Hall–Kier alpha value is -1.34. The number of rotatable bonds is 7. The summed E-state index contributed by atoms with van der Waals surface area (Å²) in [5.41, 5.74) is -0.0980. The maximum absolute atomic E-state index is 13.1. The quantitative estimate of drug-likeness (QED) is 0.589. The van der Waals surface area contributed by atoms with E-state index in [0.717, 1.165) is 24.0 Å². The van der Waals surface area contributed by atoms with E-state index >= 15 is 0 Å². The van der Waals surface area contributed by atoms with Crippen molar-refractivity contribution < 1.29 is 14.4 Å². The Kier molecular flexibility index (Phi) is 5.87. The molecule has 1 aromatic carbocycles. The molecule has 0 saturated carbocycles. The zero-order valence-corrected chi connectivity index (χ0v) is 10.7. The molecule has 0 aliphatic carbocycles. The van der Waals surface area contributed by atoms with E-state index in [1.165, 1.54) is 0 Å². The zero-order chi connectivity index (χ0) is 13.5. The van der Waals surface area contributed by atoms with E-state index in [2.05, 4.69) is 5.32 Å². The Morgan fingerprint density at radius 1 is 1.61 bits per heavy atom. The molecule has 0 saturated heterocycles. The molecule has 0 aliphatic heterocycles. The number of aliphatic hydroxyl groups excluding tert-OH is 1. The van der Waals surface area contributed by atoms with Gasteiger partial charge in [0.15, 0.2) is 0 Å². The van der Waals surface area contributed by atoms with Gasteiger partial charge >= 0.3 is 0 Å². The van der Waals surface area contributed by atoms with Gasteiger partial charge in [-0.3, -0.25) is 10.1 Å². The van der Waals surface area contributed by atoms with Crippen molar-refractivity contribution in [1.29, 1.82) is 0 Å². The molecule has 7 heteroatoms. The Labute approximate surface area is 109 Å². The Balaban J connectivity index is 2.86. The van der Waals surface area contributed by atoms with Crippen LogP contribution in [-0.2, 0) is 0 Å². The lowest BCUT2D eigenvalue weighted by Gasteiger charge is -2.17. The van der Waals surface area contributed by atoms with E-state index in [-0.39, 0.29) is 24.0 Å². The lowest BCUT2D eigenvalue weighted by molar-refractivity contribution is -0.384. The number of halogens is 1. The molecule has 0 fully saturated rings. The van der Waals surface area contributed by atoms with Gasteiger partial charge in [-0.25, -0.2) is 4.39 Å².